The number of aryl methyl sites for hydroxylation is 1. The number of fused-ring (bicyclic) bond motifs is 6. The minimum atomic E-state index is 0.238. The van der Waals surface area contributed by atoms with E-state index < -0.39 is 0 Å². The molecule has 1 heterocycles. The monoisotopic (exact) mass is 550 g/mol. The Morgan fingerprint density at radius 3 is 2.00 bits per heavy atom. The fourth-order valence-corrected chi connectivity index (χ4v) is 6.04. The van der Waals surface area contributed by atoms with Crippen LogP contribution in [0.1, 0.15) is 26.7 Å². The van der Waals surface area contributed by atoms with Crippen molar-refractivity contribution in [2.45, 2.75) is 33.2 Å². The molecule has 1 aromatic heterocycles. The van der Waals surface area contributed by atoms with Gasteiger partial charge in [0.1, 0.15) is 5.82 Å². The van der Waals surface area contributed by atoms with E-state index in [1.807, 2.05) is 4.90 Å². The Kier molecular flexibility index (Phi) is 8.32. The number of aromatic nitrogens is 2. The minimum absolute atomic E-state index is 0.238. The van der Waals surface area contributed by atoms with Gasteiger partial charge >= 0.3 is 0 Å². The molecule has 6 heteroatoms. The van der Waals surface area contributed by atoms with Crippen molar-refractivity contribution in [1.82, 2.24) is 14.5 Å². The molecule has 0 aliphatic heterocycles. The smallest absolute Gasteiger partial charge is 0.277 e. The van der Waals surface area contributed by atoms with Crippen molar-refractivity contribution in [3.63, 3.8) is 0 Å². The maximum atomic E-state index is 12.8. The van der Waals surface area contributed by atoms with Crippen molar-refractivity contribution < 1.29 is 9.28 Å². The highest BCUT2D eigenvalue weighted by molar-refractivity contribution is 6.23. The number of hydrogen-bond donors (Lipinski definition) is 0. The molecule has 0 fully saturated rings. The summed E-state index contributed by atoms with van der Waals surface area (Å²) < 4.78 is 3.14. The summed E-state index contributed by atoms with van der Waals surface area (Å²) in [7, 11) is 8.48. The Morgan fingerprint density at radius 1 is 0.805 bits per heavy atom. The SMILES string of the molecule is CCN(CC)C(=O)C[N+](C)(C)CCCCn1c(-c2ccc(N(C)C)cc2)nc2c3ccccc3c3ccccc3c21. The fraction of sp³-hybridized carbons (Fsp3) is 0.371. The highest BCUT2D eigenvalue weighted by atomic mass is 16.2. The summed E-state index contributed by atoms with van der Waals surface area (Å²) in [6.45, 7) is 8.00. The van der Waals surface area contributed by atoms with Gasteiger partial charge in [-0.25, -0.2) is 4.98 Å². The van der Waals surface area contributed by atoms with Crippen LogP contribution < -0.4 is 4.90 Å². The zero-order valence-electron chi connectivity index (χ0n) is 25.5. The largest absolute Gasteiger partial charge is 0.378 e. The summed E-state index contributed by atoms with van der Waals surface area (Å²) in [6.07, 6.45) is 2.04. The normalized spacial score (nSPS) is 12.0. The summed E-state index contributed by atoms with van der Waals surface area (Å²) in [6, 6.07) is 26.1. The van der Waals surface area contributed by atoms with E-state index in [-0.39, 0.29) is 5.91 Å². The quantitative estimate of drug-likeness (QED) is 0.103. The molecule has 0 aliphatic rings. The second-order valence-corrected chi connectivity index (χ2v) is 11.9. The third-order valence-corrected chi connectivity index (χ3v) is 8.34. The Labute approximate surface area is 244 Å². The van der Waals surface area contributed by atoms with E-state index in [9.17, 15) is 4.79 Å². The molecule has 0 N–H and O–H groups in total. The lowest BCUT2D eigenvalue weighted by Gasteiger charge is -2.31. The van der Waals surface area contributed by atoms with Crippen LogP contribution in [0.4, 0.5) is 5.69 Å². The molecule has 5 aromatic rings. The van der Waals surface area contributed by atoms with Crippen LogP contribution in [-0.4, -0.2) is 79.2 Å². The lowest BCUT2D eigenvalue weighted by molar-refractivity contribution is -0.883. The van der Waals surface area contributed by atoms with Crippen molar-refractivity contribution in [2.75, 3.05) is 59.3 Å². The van der Waals surface area contributed by atoms with Gasteiger partial charge in [0.05, 0.1) is 31.7 Å². The first-order valence-electron chi connectivity index (χ1n) is 14.9. The van der Waals surface area contributed by atoms with Gasteiger partial charge in [-0.3, -0.25) is 4.79 Å². The first-order chi connectivity index (χ1) is 19.7. The van der Waals surface area contributed by atoms with Crippen LogP contribution in [0.2, 0.25) is 0 Å². The molecule has 1 amide bonds. The van der Waals surface area contributed by atoms with E-state index in [0.29, 0.717) is 11.0 Å². The lowest BCUT2D eigenvalue weighted by Crippen LogP contribution is -2.49. The maximum absolute atomic E-state index is 12.8. The maximum Gasteiger partial charge on any atom is 0.277 e. The molecule has 0 saturated carbocycles. The lowest BCUT2D eigenvalue weighted by atomic mass is 10.00. The van der Waals surface area contributed by atoms with Crippen LogP contribution in [0.25, 0.3) is 44.0 Å². The van der Waals surface area contributed by atoms with Gasteiger partial charge in [-0.05, 0) is 61.7 Å². The van der Waals surface area contributed by atoms with E-state index in [0.717, 1.165) is 55.9 Å². The Hall–Kier alpha value is -3.90. The van der Waals surface area contributed by atoms with Crippen LogP contribution in [-0.2, 0) is 11.3 Å². The molecule has 0 radical (unpaired) electrons. The first-order valence-corrected chi connectivity index (χ1v) is 14.9. The van der Waals surface area contributed by atoms with Crippen molar-refractivity contribution in [1.29, 1.82) is 0 Å². The topological polar surface area (TPSA) is 41.4 Å². The number of anilines is 1. The minimum Gasteiger partial charge on any atom is -0.378 e. The van der Waals surface area contributed by atoms with Crippen LogP contribution in [0.5, 0.6) is 0 Å². The van der Waals surface area contributed by atoms with Crippen molar-refractivity contribution in [3.8, 4) is 11.4 Å². The fourth-order valence-electron chi connectivity index (χ4n) is 6.04. The zero-order valence-corrected chi connectivity index (χ0v) is 25.5. The average Bonchev–Trinajstić information content (AvgIpc) is 3.36. The van der Waals surface area contributed by atoms with Crippen molar-refractivity contribution in [3.05, 3.63) is 72.8 Å². The second kappa shape index (κ2) is 11.9. The second-order valence-electron chi connectivity index (χ2n) is 11.9. The number of quaternary nitrogens is 1. The molecule has 0 unspecified atom stereocenters. The molecule has 0 spiro atoms. The highest BCUT2D eigenvalue weighted by Gasteiger charge is 2.23. The zero-order chi connectivity index (χ0) is 29.1. The molecular formula is C35H44N5O+. The van der Waals surface area contributed by atoms with Crippen LogP contribution in [0.15, 0.2) is 72.8 Å². The highest BCUT2D eigenvalue weighted by Crippen LogP contribution is 2.37. The number of nitrogens with zero attached hydrogens (tertiary/aromatic N) is 5. The number of hydrogen-bond acceptors (Lipinski definition) is 3. The summed E-state index contributed by atoms with van der Waals surface area (Å²) in [5.74, 6) is 1.25. The van der Waals surface area contributed by atoms with Gasteiger partial charge in [0.25, 0.3) is 5.91 Å². The predicted octanol–water partition coefficient (Wildman–Crippen LogP) is 6.80. The number of amides is 1. The standard InChI is InChI=1S/C35H44N5O/c1-7-38(8-2)32(41)25-40(5,6)24-14-13-23-39-34-31-18-12-10-16-29(31)28-15-9-11-17-30(28)33(34)36-35(39)26-19-21-27(22-20-26)37(3)4/h9-12,15-22H,7-8,13-14,23-25H2,1-6H3/q+1. The predicted molar refractivity (Wildman–Crippen MR) is 174 cm³/mol. The van der Waals surface area contributed by atoms with Gasteiger partial charge in [0.15, 0.2) is 6.54 Å². The molecule has 4 aromatic carbocycles. The first kappa shape index (κ1) is 28.6. The molecule has 6 nitrogen and oxygen atoms in total. The molecule has 214 valence electrons. The number of carbonyl (C=O) groups is 1. The summed E-state index contributed by atoms with van der Waals surface area (Å²) in [4.78, 5) is 22.2. The molecule has 0 saturated heterocycles. The van der Waals surface area contributed by atoms with Gasteiger partial charge in [0, 0.05) is 55.8 Å². The van der Waals surface area contributed by atoms with Crippen molar-refractivity contribution >= 4 is 44.2 Å². The van der Waals surface area contributed by atoms with E-state index in [1.165, 1.54) is 32.7 Å². The van der Waals surface area contributed by atoms with Gasteiger partial charge in [-0.2, -0.15) is 0 Å². The Bertz CT molecular complexity index is 1660. The number of likely N-dealkylation sites (N-methyl/N-ethyl adjacent to an activating group) is 2. The van der Waals surface area contributed by atoms with Crippen LogP contribution in [0.3, 0.4) is 0 Å². The molecule has 5 rings (SSSR count). The molecular weight excluding hydrogens is 506 g/mol. The van der Waals surface area contributed by atoms with Gasteiger partial charge < -0.3 is 18.8 Å². The molecule has 0 atom stereocenters. The number of rotatable bonds is 11. The van der Waals surface area contributed by atoms with Crippen LogP contribution >= 0.6 is 0 Å². The van der Waals surface area contributed by atoms with Crippen LogP contribution in [0, 0.1) is 0 Å². The number of carbonyl (C=O) groups excluding carboxylic acids is 1. The van der Waals surface area contributed by atoms with Gasteiger partial charge in [-0.1, -0.05) is 48.5 Å². The summed E-state index contributed by atoms with van der Waals surface area (Å²) >= 11 is 0. The van der Waals surface area contributed by atoms with Crippen molar-refractivity contribution in [2.24, 2.45) is 0 Å². The summed E-state index contributed by atoms with van der Waals surface area (Å²) in [5.41, 5.74) is 4.57. The molecule has 0 aliphatic carbocycles. The summed E-state index contributed by atoms with van der Waals surface area (Å²) in [5, 5.41) is 4.94. The Morgan fingerprint density at radius 2 is 1.39 bits per heavy atom. The molecule has 41 heavy (non-hydrogen) atoms. The number of imidazole rings is 1. The van der Waals surface area contributed by atoms with Gasteiger partial charge in [-0.15, -0.1) is 0 Å². The number of benzene rings is 4. The Balaban J connectivity index is 1.52. The van der Waals surface area contributed by atoms with E-state index in [1.54, 1.807) is 0 Å². The van der Waals surface area contributed by atoms with E-state index >= 15 is 0 Å². The number of unbranched alkanes of at least 4 members (excludes halogenated alkanes) is 1. The third-order valence-electron chi connectivity index (χ3n) is 8.34. The average molecular weight is 551 g/mol. The van der Waals surface area contributed by atoms with Gasteiger partial charge in [0.2, 0.25) is 0 Å². The van der Waals surface area contributed by atoms with E-state index in [4.69, 9.17) is 4.98 Å². The molecule has 0 bridgehead atoms. The third kappa shape index (κ3) is 5.80. The van der Waals surface area contributed by atoms with E-state index in [2.05, 4.69) is 124 Å².